The Morgan fingerprint density at radius 3 is 2.52 bits per heavy atom. The molecule has 0 saturated heterocycles. The van der Waals surface area contributed by atoms with Gasteiger partial charge in [-0.3, -0.25) is 9.78 Å². The zero-order chi connectivity index (χ0) is 16.0. The van der Waals surface area contributed by atoms with E-state index in [0.29, 0.717) is 22.1 Å². The van der Waals surface area contributed by atoms with Crippen LogP contribution in [0.25, 0.3) is 33.2 Å². The van der Waals surface area contributed by atoms with Crippen molar-refractivity contribution in [2.45, 2.75) is 0 Å². The fourth-order valence-corrected chi connectivity index (χ4v) is 2.79. The topological polar surface area (TPSA) is 68.0 Å². The van der Waals surface area contributed by atoms with Gasteiger partial charge in [-0.2, -0.15) is 0 Å². The van der Waals surface area contributed by atoms with Gasteiger partial charge in [0.05, 0.1) is 28.4 Å². The van der Waals surface area contributed by atoms with Crippen LogP contribution < -0.4 is 5.56 Å². The fourth-order valence-electron chi connectivity index (χ4n) is 2.79. The Morgan fingerprint density at radius 1 is 1.00 bits per heavy atom. The van der Waals surface area contributed by atoms with Crippen LogP contribution in [-0.2, 0) is 7.05 Å². The van der Waals surface area contributed by atoms with E-state index in [1.54, 1.807) is 19.2 Å². The molecule has 0 atom stereocenters. The van der Waals surface area contributed by atoms with Crippen LogP contribution in [0.4, 0.5) is 0 Å². The minimum atomic E-state index is -0.300. The minimum Gasteiger partial charge on any atom is -0.506 e. The molecule has 0 aliphatic carbocycles. The third kappa shape index (κ3) is 1.97. The van der Waals surface area contributed by atoms with E-state index in [9.17, 15) is 9.90 Å². The monoisotopic (exact) mass is 303 g/mol. The van der Waals surface area contributed by atoms with Gasteiger partial charge in [-0.15, -0.1) is 0 Å². The first-order valence-electron chi connectivity index (χ1n) is 7.19. The second-order valence-corrected chi connectivity index (χ2v) is 5.35. The molecule has 1 N–H and O–H groups in total. The summed E-state index contributed by atoms with van der Waals surface area (Å²) in [7, 11) is 1.68. The van der Waals surface area contributed by atoms with E-state index in [-0.39, 0.29) is 16.9 Å². The molecule has 2 heterocycles. The minimum absolute atomic E-state index is 0.0618. The average molecular weight is 303 g/mol. The molecule has 0 spiro atoms. The van der Waals surface area contributed by atoms with Crippen LogP contribution in [0.5, 0.6) is 5.75 Å². The molecule has 5 nitrogen and oxygen atoms in total. The maximum Gasteiger partial charge on any atom is 0.264 e. The Bertz CT molecular complexity index is 1120. The zero-order valence-corrected chi connectivity index (χ0v) is 12.4. The molecule has 23 heavy (non-hydrogen) atoms. The normalized spacial score (nSPS) is 11.2. The predicted octanol–water partition coefficient (Wildman–Crippen LogP) is 2.85. The van der Waals surface area contributed by atoms with Crippen LogP contribution in [0.15, 0.2) is 59.5 Å². The lowest BCUT2D eigenvalue weighted by Crippen LogP contribution is -2.19. The lowest BCUT2D eigenvalue weighted by Gasteiger charge is -2.11. The van der Waals surface area contributed by atoms with Gasteiger partial charge in [-0.1, -0.05) is 24.3 Å². The highest BCUT2D eigenvalue weighted by Crippen LogP contribution is 2.31. The number of pyridine rings is 1. The van der Waals surface area contributed by atoms with Crippen LogP contribution >= 0.6 is 0 Å². The van der Waals surface area contributed by atoms with Gasteiger partial charge in [0.25, 0.3) is 5.56 Å². The molecule has 0 aliphatic rings. The molecule has 4 rings (SSSR count). The van der Waals surface area contributed by atoms with E-state index >= 15 is 0 Å². The molecule has 0 radical (unpaired) electrons. The van der Waals surface area contributed by atoms with Crippen LogP contribution in [-0.4, -0.2) is 19.6 Å². The van der Waals surface area contributed by atoms with Crippen molar-refractivity contribution >= 4 is 21.9 Å². The first kappa shape index (κ1) is 13.5. The third-order valence-corrected chi connectivity index (χ3v) is 3.98. The summed E-state index contributed by atoms with van der Waals surface area (Å²) < 4.78 is 1.52. The first-order valence-corrected chi connectivity index (χ1v) is 7.19. The smallest absolute Gasteiger partial charge is 0.264 e. The van der Waals surface area contributed by atoms with Gasteiger partial charge in [-0.25, -0.2) is 4.98 Å². The first-order chi connectivity index (χ1) is 11.2. The summed E-state index contributed by atoms with van der Waals surface area (Å²) in [4.78, 5) is 21.5. The summed E-state index contributed by atoms with van der Waals surface area (Å²) in [5.74, 6) is -0.0618. The van der Waals surface area contributed by atoms with E-state index in [0.717, 1.165) is 5.52 Å². The molecule has 2 aromatic carbocycles. The Balaban J connectivity index is 2.10. The Morgan fingerprint density at radius 2 is 1.70 bits per heavy atom. The van der Waals surface area contributed by atoms with Crippen molar-refractivity contribution < 1.29 is 5.11 Å². The number of fused-ring (bicyclic) bond motifs is 2. The second-order valence-electron chi connectivity index (χ2n) is 5.35. The van der Waals surface area contributed by atoms with Gasteiger partial charge in [0.2, 0.25) is 0 Å². The molecule has 2 aromatic heterocycles. The molecule has 0 amide bonds. The molecular formula is C18H13N3O2. The van der Waals surface area contributed by atoms with Crippen molar-refractivity contribution in [3.05, 3.63) is 65.1 Å². The highest BCUT2D eigenvalue weighted by Gasteiger charge is 2.17. The van der Waals surface area contributed by atoms with Gasteiger partial charge < -0.3 is 9.67 Å². The van der Waals surface area contributed by atoms with E-state index in [4.69, 9.17) is 0 Å². The molecule has 0 unspecified atom stereocenters. The largest absolute Gasteiger partial charge is 0.506 e. The van der Waals surface area contributed by atoms with E-state index in [1.165, 1.54) is 10.8 Å². The number of hydrogen-bond acceptors (Lipinski definition) is 4. The number of rotatable bonds is 1. The van der Waals surface area contributed by atoms with Gasteiger partial charge in [0.1, 0.15) is 11.3 Å². The van der Waals surface area contributed by atoms with Crippen molar-refractivity contribution in [3.63, 3.8) is 0 Å². The molecule has 0 saturated carbocycles. The highest BCUT2D eigenvalue weighted by atomic mass is 16.3. The summed E-state index contributed by atoms with van der Waals surface area (Å²) in [6.45, 7) is 0. The van der Waals surface area contributed by atoms with Crippen LogP contribution in [0.1, 0.15) is 0 Å². The summed E-state index contributed by atoms with van der Waals surface area (Å²) >= 11 is 0. The van der Waals surface area contributed by atoms with E-state index in [1.807, 2.05) is 36.4 Å². The molecule has 112 valence electrons. The maximum atomic E-state index is 12.7. The number of aromatic nitrogens is 3. The van der Waals surface area contributed by atoms with Crippen molar-refractivity contribution in [2.24, 2.45) is 7.05 Å². The quantitative estimate of drug-likeness (QED) is 0.587. The number of nitrogens with zero attached hydrogens (tertiary/aromatic N) is 3. The van der Waals surface area contributed by atoms with E-state index < -0.39 is 0 Å². The molecule has 0 fully saturated rings. The van der Waals surface area contributed by atoms with Gasteiger partial charge >= 0.3 is 0 Å². The lowest BCUT2D eigenvalue weighted by atomic mass is 10.1. The second kappa shape index (κ2) is 4.91. The summed E-state index contributed by atoms with van der Waals surface area (Å²) in [5.41, 5.74) is 2.34. The molecule has 5 heteroatoms. The zero-order valence-electron chi connectivity index (χ0n) is 12.4. The predicted molar refractivity (Wildman–Crippen MR) is 89.4 cm³/mol. The number of aryl methyl sites for hydroxylation is 1. The number of benzene rings is 2. The van der Waals surface area contributed by atoms with Crippen LogP contribution in [0, 0.1) is 0 Å². The average Bonchev–Trinajstić information content (AvgIpc) is 2.60. The van der Waals surface area contributed by atoms with Gasteiger partial charge in [-0.05, 0) is 24.3 Å². The number of hydrogen-bond donors (Lipinski definition) is 1. The van der Waals surface area contributed by atoms with Crippen molar-refractivity contribution in [3.8, 4) is 17.0 Å². The summed E-state index contributed by atoms with van der Waals surface area (Å²) in [5, 5.41) is 11.2. The van der Waals surface area contributed by atoms with Crippen molar-refractivity contribution in [2.75, 3.05) is 0 Å². The van der Waals surface area contributed by atoms with Crippen molar-refractivity contribution in [1.82, 2.24) is 14.5 Å². The number of aromatic hydroxyl groups is 1. The molecule has 0 aliphatic heterocycles. The fraction of sp³-hybridized carbons (Fsp3) is 0.0556. The summed E-state index contributed by atoms with van der Waals surface area (Å²) in [6.07, 6.45) is 1.52. The van der Waals surface area contributed by atoms with E-state index in [2.05, 4.69) is 9.97 Å². The Labute approximate surface area is 131 Å². The molecule has 4 aromatic rings. The standard InChI is InChI=1S/C18H13N3O2/c1-21-15-9-5-2-6-11(15)17(22)16(18(21)23)14-10-19-12-7-3-4-8-13(12)20-14/h2-10,22H,1H3. The maximum absolute atomic E-state index is 12.7. The van der Waals surface area contributed by atoms with Crippen LogP contribution in [0.2, 0.25) is 0 Å². The molecule has 0 bridgehead atoms. The van der Waals surface area contributed by atoms with Gasteiger partial charge in [0.15, 0.2) is 0 Å². The molecular weight excluding hydrogens is 290 g/mol. The summed E-state index contributed by atoms with van der Waals surface area (Å²) in [6, 6.07) is 14.6. The van der Waals surface area contributed by atoms with Crippen LogP contribution in [0.3, 0.4) is 0 Å². The Hall–Kier alpha value is -3.21. The highest BCUT2D eigenvalue weighted by molar-refractivity contribution is 5.92. The van der Waals surface area contributed by atoms with Crippen molar-refractivity contribution in [1.29, 1.82) is 0 Å². The Kier molecular flexibility index (Phi) is 2.87. The lowest BCUT2D eigenvalue weighted by molar-refractivity contribution is 0.481. The SMILES string of the molecule is Cn1c(=O)c(-c2cnc3ccccc3n2)c(O)c2ccccc21. The third-order valence-electron chi connectivity index (χ3n) is 3.98. The number of para-hydroxylation sites is 3. The van der Waals surface area contributed by atoms with Gasteiger partial charge in [0, 0.05) is 12.4 Å².